The first-order chi connectivity index (χ1) is 14.5. The van der Waals surface area contributed by atoms with Crippen molar-refractivity contribution in [3.8, 4) is 28.4 Å². The number of halogens is 2. The molecule has 0 bridgehead atoms. The molecule has 1 spiro atoms. The molecule has 1 atom stereocenters. The van der Waals surface area contributed by atoms with Crippen LogP contribution in [0.15, 0.2) is 53.7 Å². The van der Waals surface area contributed by atoms with Crippen molar-refractivity contribution in [3.63, 3.8) is 0 Å². The second kappa shape index (κ2) is 6.69. The molecule has 5 rings (SSSR count). The minimum absolute atomic E-state index is 0.0127. The largest absolute Gasteiger partial charge is 0.497 e. The van der Waals surface area contributed by atoms with Gasteiger partial charge in [0.1, 0.15) is 17.0 Å². The van der Waals surface area contributed by atoms with E-state index >= 15 is 0 Å². The molecule has 2 aliphatic rings. The van der Waals surface area contributed by atoms with Gasteiger partial charge in [0.2, 0.25) is 5.95 Å². The molecule has 30 heavy (non-hydrogen) atoms. The molecule has 152 valence electrons. The van der Waals surface area contributed by atoms with Crippen molar-refractivity contribution in [1.29, 1.82) is 0 Å². The average molecular weight is 409 g/mol. The molecule has 0 amide bonds. The third-order valence-corrected chi connectivity index (χ3v) is 5.42. The number of nitrogens with two attached hydrogens (primary N) is 1. The molecule has 3 heterocycles. The van der Waals surface area contributed by atoms with Crippen molar-refractivity contribution in [1.82, 2.24) is 4.98 Å². The van der Waals surface area contributed by atoms with E-state index in [1.165, 1.54) is 19.4 Å². The van der Waals surface area contributed by atoms with Crippen molar-refractivity contribution in [2.75, 3.05) is 13.7 Å². The first kappa shape index (κ1) is 18.4. The monoisotopic (exact) mass is 409 g/mol. The number of aromatic nitrogens is 1. The summed E-state index contributed by atoms with van der Waals surface area (Å²) < 4.78 is 45.7. The number of hydrogen-bond donors (Lipinski definition) is 1. The lowest BCUT2D eigenvalue weighted by atomic mass is 9.77. The lowest BCUT2D eigenvalue weighted by molar-refractivity contribution is 0.217. The minimum atomic E-state index is -1.06. The van der Waals surface area contributed by atoms with Crippen LogP contribution in [-0.2, 0) is 10.3 Å². The molecule has 0 saturated carbocycles. The highest BCUT2D eigenvalue weighted by atomic mass is 19.1. The predicted octanol–water partition coefficient (Wildman–Crippen LogP) is 4.12. The molecule has 6 nitrogen and oxygen atoms in total. The summed E-state index contributed by atoms with van der Waals surface area (Å²) in [6.45, 7) is 0.276. The number of pyridine rings is 1. The molecule has 0 radical (unpaired) electrons. The highest BCUT2D eigenvalue weighted by Crippen LogP contribution is 2.54. The lowest BCUT2D eigenvalue weighted by Crippen LogP contribution is -2.38. The summed E-state index contributed by atoms with van der Waals surface area (Å²) in [7, 11) is 1.45. The molecular formula is C22H17F2N3O3. The Labute approximate surface area is 170 Å². The van der Waals surface area contributed by atoms with Crippen LogP contribution < -0.4 is 15.2 Å². The smallest absolute Gasteiger partial charge is 0.283 e. The molecule has 2 N–H and O–H groups in total. The van der Waals surface area contributed by atoms with Crippen LogP contribution in [0.25, 0.3) is 11.1 Å². The van der Waals surface area contributed by atoms with Crippen LogP contribution in [0.1, 0.15) is 17.5 Å². The second-order valence-electron chi connectivity index (χ2n) is 7.05. The number of benzene rings is 2. The maximum atomic E-state index is 14.9. The van der Waals surface area contributed by atoms with Gasteiger partial charge in [-0.05, 0) is 35.9 Å². The van der Waals surface area contributed by atoms with Crippen molar-refractivity contribution < 1.29 is 23.0 Å². The van der Waals surface area contributed by atoms with E-state index < -0.39 is 17.3 Å². The van der Waals surface area contributed by atoms with Gasteiger partial charge in [-0.25, -0.2) is 14.4 Å². The third kappa shape index (κ3) is 2.67. The van der Waals surface area contributed by atoms with Gasteiger partial charge in [-0.15, -0.1) is 0 Å². The van der Waals surface area contributed by atoms with Gasteiger partial charge in [0, 0.05) is 35.4 Å². The number of ether oxygens (including phenoxy) is 3. The number of nitrogens with zero attached hydrogens (tertiary/aromatic N) is 2. The Morgan fingerprint density at radius 2 is 2.00 bits per heavy atom. The highest BCUT2D eigenvalue weighted by molar-refractivity contribution is 5.76. The van der Waals surface area contributed by atoms with Crippen LogP contribution in [0.5, 0.6) is 17.2 Å². The molecule has 2 aromatic carbocycles. The number of amidine groups is 1. The van der Waals surface area contributed by atoms with Crippen molar-refractivity contribution in [2.24, 2.45) is 10.7 Å². The van der Waals surface area contributed by atoms with E-state index in [1.54, 1.807) is 36.4 Å². The van der Waals surface area contributed by atoms with Gasteiger partial charge in [0.15, 0.2) is 11.6 Å². The zero-order chi connectivity index (χ0) is 20.9. The van der Waals surface area contributed by atoms with E-state index in [0.717, 1.165) is 0 Å². The van der Waals surface area contributed by atoms with E-state index in [9.17, 15) is 8.78 Å². The van der Waals surface area contributed by atoms with Gasteiger partial charge in [0.05, 0.1) is 13.7 Å². The molecule has 3 aromatic rings. The quantitative estimate of drug-likeness (QED) is 0.644. The summed E-state index contributed by atoms with van der Waals surface area (Å²) in [5.74, 6) is -0.365. The first-order valence-electron chi connectivity index (χ1n) is 9.31. The number of methoxy groups -OCH3 is 1. The van der Waals surface area contributed by atoms with E-state index in [0.29, 0.717) is 40.2 Å². The van der Waals surface area contributed by atoms with Gasteiger partial charge in [-0.2, -0.15) is 4.39 Å². The lowest BCUT2D eigenvalue weighted by Gasteiger charge is -2.39. The summed E-state index contributed by atoms with van der Waals surface area (Å²) in [5.41, 5.74) is 6.90. The topological polar surface area (TPSA) is 79.0 Å². The van der Waals surface area contributed by atoms with Crippen molar-refractivity contribution in [3.05, 3.63) is 71.6 Å². The standard InChI is InChI=1S/C22H17F2N3O3/c1-28-13-10-16-19(17(23)11-13)30-18-5-4-12(14-3-2-7-26-20(14)24)9-15(18)22(16)6-8-29-21(25)27-22/h2-5,7,9-11H,6,8H2,1H3,(H2,25,27). The molecule has 0 saturated heterocycles. The molecular weight excluding hydrogens is 392 g/mol. The maximum absolute atomic E-state index is 14.9. The normalized spacial score (nSPS) is 19.2. The average Bonchev–Trinajstić information content (AvgIpc) is 2.75. The number of aliphatic imine (C=N–C) groups is 1. The van der Waals surface area contributed by atoms with Crippen LogP contribution >= 0.6 is 0 Å². The molecule has 2 aliphatic heterocycles. The molecule has 1 aromatic heterocycles. The maximum Gasteiger partial charge on any atom is 0.283 e. The number of rotatable bonds is 2. The molecule has 8 heteroatoms. The Kier molecular flexibility index (Phi) is 4.09. The zero-order valence-corrected chi connectivity index (χ0v) is 16.0. The van der Waals surface area contributed by atoms with Crippen LogP contribution in [0.3, 0.4) is 0 Å². The minimum Gasteiger partial charge on any atom is -0.497 e. The number of hydrogen-bond acceptors (Lipinski definition) is 6. The van der Waals surface area contributed by atoms with Crippen LogP contribution in [-0.4, -0.2) is 24.7 Å². The second-order valence-corrected chi connectivity index (χ2v) is 7.05. The van der Waals surface area contributed by atoms with E-state index in [1.807, 2.05) is 0 Å². The van der Waals surface area contributed by atoms with E-state index in [2.05, 4.69) is 9.98 Å². The van der Waals surface area contributed by atoms with E-state index in [-0.39, 0.29) is 18.4 Å². The molecule has 0 aliphatic carbocycles. The van der Waals surface area contributed by atoms with E-state index in [4.69, 9.17) is 19.9 Å². The summed E-state index contributed by atoms with van der Waals surface area (Å²) in [4.78, 5) is 8.31. The third-order valence-electron chi connectivity index (χ3n) is 5.42. The SMILES string of the molecule is COc1cc(F)c2c(c1)C1(CCOC(N)=N1)c1cc(-c3cccnc3F)ccc1O2. The van der Waals surface area contributed by atoms with Crippen LogP contribution in [0, 0.1) is 11.8 Å². The van der Waals surface area contributed by atoms with Gasteiger partial charge < -0.3 is 19.9 Å². The number of fused-ring (bicyclic) bond motifs is 4. The summed E-state index contributed by atoms with van der Waals surface area (Å²) in [6.07, 6.45) is 1.78. The van der Waals surface area contributed by atoms with Gasteiger partial charge in [0.25, 0.3) is 6.02 Å². The summed E-state index contributed by atoms with van der Waals surface area (Å²) in [6, 6.07) is 11.4. The Bertz CT molecular complexity index is 1200. The fourth-order valence-corrected chi connectivity index (χ4v) is 4.03. The summed E-state index contributed by atoms with van der Waals surface area (Å²) in [5, 5.41) is 0. The highest BCUT2D eigenvalue weighted by Gasteiger charge is 2.46. The van der Waals surface area contributed by atoms with Crippen LogP contribution in [0.4, 0.5) is 8.78 Å². The van der Waals surface area contributed by atoms with Gasteiger partial charge in [-0.3, -0.25) is 0 Å². The predicted molar refractivity (Wildman–Crippen MR) is 106 cm³/mol. The van der Waals surface area contributed by atoms with Gasteiger partial charge in [-0.1, -0.05) is 6.07 Å². The Balaban J connectivity index is 1.79. The molecule has 0 fully saturated rings. The van der Waals surface area contributed by atoms with Crippen LogP contribution in [0.2, 0.25) is 0 Å². The Morgan fingerprint density at radius 3 is 2.77 bits per heavy atom. The first-order valence-corrected chi connectivity index (χ1v) is 9.31. The Hall–Kier alpha value is -3.68. The zero-order valence-electron chi connectivity index (χ0n) is 16.0. The van der Waals surface area contributed by atoms with Gasteiger partial charge >= 0.3 is 0 Å². The fourth-order valence-electron chi connectivity index (χ4n) is 4.03. The summed E-state index contributed by atoms with van der Waals surface area (Å²) >= 11 is 0. The van der Waals surface area contributed by atoms with Crippen molar-refractivity contribution in [2.45, 2.75) is 12.0 Å². The Morgan fingerprint density at radius 1 is 1.13 bits per heavy atom. The molecule has 1 unspecified atom stereocenters. The van der Waals surface area contributed by atoms with Crippen molar-refractivity contribution >= 4 is 6.02 Å². The fraction of sp³-hybridized carbons (Fsp3) is 0.182.